The molecule has 1 aromatic heterocycles. The maximum Gasteiger partial charge on any atom is 0.229 e. The zero-order valence-corrected chi connectivity index (χ0v) is 12.9. The quantitative estimate of drug-likeness (QED) is 0.687. The summed E-state index contributed by atoms with van der Waals surface area (Å²) in [6.45, 7) is 8.33. The van der Waals surface area contributed by atoms with Gasteiger partial charge in [0.1, 0.15) is 11.4 Å². The highest BCUT2D eigenvalue weighted by molar-refractivity contribution is 6.49. The van der Waals surface area contributed by atoms with Gasteiger partial charge in [0.05, 0.1) is 6.20 Å². The van der Waals surface area contributed by atoms with Gasteiger partial charge < -0.3 is 4.43 Å². The molecule has 5 heteroatoms. The highest BCUT2D eigenvalue weighted by atomic mass is 28.3. The predicted molar refractivity (Wildman–Crippen MR) is 81.1 cm³/mol. The molecule has 1 N–H and O–H groups in total. The number of nitrogens with zero attached hydrogens (tertiary/aromatic N) is 2. The van der Waals surface area contributed by atoms with Crippen molar-refractivity contribution in [1.29, 1.82) is 0 Å². The molecular weight excluding hydrogens is 254 g/mol. The maximum atomic E-state index is 5.95. The molecule has 2 aromatic rings. The number of hydrogen-bond acceptors (Lipinski definition) is 3. The molecule has 100 valence electrons. The van der Waals surface area contributed by atoms with Gasteiger partial charge in [-0.2, -0.15) is 5.10 Å². The average Bonchev–Trinajstić information content (AvgIpc) is 2.86. The van der Waals surface area contributed by atoms with Gasteiger partial charge in [-0.05, 0) is 38.6 Å². The van der Waals surface area contributed by atoms with Crippen molar-refractivity contribution >= 4 is 20.4 Å². The Bertz CT molecular complexity index is 576. The summed E-state index contributed by atoms with van der Waals surface area (Å²) < 4.78 is 5.95. The maximum absolute atomic E-state index is 5.95. The van der Waals surface area contributed by atoms with E-state index in [4.69, 9.17) is 9.42 Å². The summed E-state index contributed by atoms with van der Waals surface area (Å²) in [6.07, 6.45) is 3.61. The molecule has 0 saturated heterocycles. The molecule has 0 saturated carbocycles. The summed E-state index contributed by atoms with van der Waals surface area (Å²) >= 11 is 0. The topological polar surface area (TPSA) is 50.3 Å². The fourth-order valence-electron chi connectivity index (χ4n) is 1.81. The first-order valence-corrected chi connectivity index (χ1v) is 9.16. The summed E-state index contributed by atoms with van der Waals surface area (Å²) in [6, 6.07) is 6.05. The average molecular weight is 273 g/mol. The lowest BCUT2D eigenvalue weighted by atomic mass is 10.1. The fourth-order valence-corrected chi connectivity index (χ4v) is 2.50. The Morgan fingerprint density at radius 1 is 1.37 bits per heavy atom. The van der Waals surface area contributed by atoms with Crippen molar-refractivity contribution in [2.24, 2.45) is 4.99 Å². The number of aliphatic imine (C=N–C) groups is 1. The first-order chi connectivity index (χ1) is 9.08. The van der Waals surface area contributed by atoms with Crippen molar-refractivity contribution in [3.63, 3.8) is 0 Å². The summed E-state index contributed by atoms with van der Waals surface area (Å²) in [5.41, 5.74) is 3.96. The molecular formula is C14H19N3OSi. The van der Waals surface area contributed by atoms with Crippen LogP contribution in [0.3, 0.4) is 0 Å². The van der Waals surface area contributed by atoms with Crippen LogP contribution >= 0.6 is 0 Å². The van der Waals surface area contributed by atoms with E-state index >= 15 is 0 Å². The minimum atomic E-state index is -1.14. The Hall–Kier alpha value is -1.88. The van der Waals surface area contributed by atoms with Crippen LogP contribution in [-0.4, -0.2) is 24.9 Å². The van der Waals surface area contributed by atoms with Crippen LogP contribution in [0.25, 0.3) is 0 Å². The Morgan fingerprint density at radius 2 is 2.16 bits per heavy atom. The summed E-state index contributed by atoms with van der Waals surface area (Å²) in [5.74, 6) is 0.879. The molecule has 0 aliphatic rings. The van der Waals surface area contributed by atoms with Crippen LogP contribution in [0.1, 0.15) is 18.1 Å². The third kappa shape index (κ3) is 3.32. The van der Waals surface area contributed by atoms with Crippen molar-refractivity contribution in [2.45, 2.75) is 26.9 Å². The second-order valence-electron chi connectivity index (χ2n) is 4.77. The molecule has 0 unspecified atom stereocenters. The van der Waals surface area contributed by atoms with Crippen molar-refractivity contribution in [3.8, 4) is 5.75 Å². The van der Waals surface area contributed by atoms with Gasteiger partial charge in [0.25, 0.3) is 0 Å². The van der Waals surface area contributed by atoms with Crippen molar-refractivity contribution in [3.05, 3.63) is 41.7 Å². The molecule has 0 radical (unpaired) electrons. The van der Waals surface area contributed by atoms with Gasteiger partial charge in [-0.3, -0.25) is 5.10 Å². The van der Waals surface area contributed by atoms with Gasteiger partial charge in [-0.25, -0.2) is 4.99 Å². The van der Waals surface area contributed by atoms with E-state index in [1.807, 2.05) is 25.3 Å². The van der Waals surface area contributed by atoms with Crippen LogP contribution in [0, 0.1) is 6.92 Å². The standard InChI is InChI=1S/C14H19N3OSi/c1-10-6-5-7-13(18-19(3)4)14(10)17-11(2)12-8-15-16-9-12/h5-9,19H,1-4H3,(H,15,16). The Kier molecular flexibility index (Phi) is 4.16. The number of H-pyrrole nitrogens is 1. The summed E-state index contributed by atoms with van der Waals surface area (Å²) in [4.78, 5) is 4.71. The number of aryl methyl sites for hydroxylation is 1. The Balaban J connectivity index is 2.41. The number of hydrogen-bond donors (Lipinski definition) is 1. The van der Waals surface area contributed by atoms with Crippen molar-refractivity contribution < 1.29 is 4.43 Å². The summed E-state index contributed by atoms with van der Waals surface area (Å²) in [5, 5.41) is 6.75. The van der Waals surface area contributed by atoms with Gasteiger partial charge in [-0.15, -0.1) is 0 Å². The third-order valence-electron chi connectivity index (χ3n) is 2.76. The second-order valence-corrected chi connectivity index (χ2v) is 7.11. The second kappa shape index (κ2) is 5.84. The molecule has 0 spiro atoms. The number of rotatable bonds is 4. The van der Waals surface area contributed by atoms with Gasteiger partial charge in [0.2, 0.25) is 9.04 Å². The van der Waals surface area contributed by atoms with Crippen molar-refractivity contribution in [1.82, 2.24) is 10.2 Å². The first-order valence-electron chi connectivity index (χ1n) is 6.38. The van der Waals surface area contributed by atoms with E-state index in [0.29, 0.717) is 0 Å². The van der Waals surface area contributed by atoms with E-state index in [2.05, 4.69) is 36.3 Å². The van der Waals surface area contributed by atoms with Crippen LogP contribution in [0.5, 0.6) is 5.75 Å². The van der Waals surface area contributed by atoms with E-state index in [0.717, 1.165) is 28.3 Å². The summed E-state index contributed by atoms with van der Waals surface area (Å²) in [7, 11) is -1.14. The SMILES string of the molecule is CC(=Nc1c(C)cccc1O[SiH](C)C)c1cn[nH]c1. The fraction of sp³-hybridized carbons (Fsp3) is 0.286. The van der Waals surface area contributed by atoms with Crippen molar-refractivity contribution in [2.75, 3.05) is 0 Å². The molecule has 0 bridgehead atoms. The lowest BCUT2D eigenvalue weighted by molar-refractivity contribution is 0.581. The number of benzene rings is 1. The largest absolute Gasteiger partial charge is 0.546 e. The highest BCUT2D eigenvalue weighted by Crippen LogP contribution is 2.32. The molecule has 0 aliphatic carbocycles. The van der Waals surface area contributed by atoms with Gasteiger partial charge >= 0.3 is 0 Å². The monoisotopic (exact) mass is 273 g/mol. The van der Waals surface area contributed by atoms with E-state index < -0.39 is 9.04 Å². The van der Waals surface area contributed by atoms with E-state index in [1.165, 1.54) is 0 Å². The number of para-hydroxylation sites is 1. The molecule has 2 rings (SSSR count). The zero-order chi connectivity index (χ0) is 13.8. The highest BCUT2D eigenvalue weighted by Gasteiger charge is 2.09. The van der Waals surface area contributed by atoms with E-state index in [1.54, 1.807) is 6.20 Å². The van der Waals surface area contributed by atoms with Crippen LogP contribution in [0.15, 0.2) is 35.6 Å². The predicted octanol–water partition coefficient (Wildman–Crippen LogP) is 3.22. The molecule has 19 heavy (non-hydrogen) atoms. The lowest BCUT2D eigenvalue weighted by Crippen LogP contribution is -2.11. The number of aromatic amines is 1. The minimum absolute atomic E-state index is 0.879. The van der Waals surface area contributed by atoms with Crippen LogP contribution in [0.4, 0.5) is 5.69 Å². The van der Waals surface area contributed by atoms with E-state index in [9.17, 15) is 0 Å². The number of aromatic nitrogens is 2. The lowest BCUT2D eigenvalue weighted by Gasteiger charge is -2.14. The smallest absolute Gasteiger partial charge is 0.229 e. The van der Waals surface area contributed by atoms with Gasteiger partial charge in [0, 0.05) is 17.5 Å². The van der Waals surface area contributed by atoms with E-state index in [-0.39, 0.29) is 0 Å². The van der Waals surface area contributed by atoms with Gasteiger partial charge in [-0.1, -0.05) is 12.1 Å². The van der Waals surface area contributed by atoms with Crippen LogP contribution in [-0.2, 0) is 0 Å². The first kappa shape index (κ1) is 13.5. The normalized spacial score (nSPS) is 11.9. The van der Waals surface area contributed by atoms with Gasteiger partial charge in [0.15, 0.2) is 0 Å². The Morgan fingerprint density at radius 3 is 2.79 bits per heavy atom. The molecule has 1 aromatic carbocycles. The van der Waals surface area contributed by atoms with Crippen LogP contribution < -0.4 is 4.43 Å². The molecule has 0 amide bonds. The molecule has 0 aliphatic heterocycles. The third-order valence-corrected chi connectivity index (χ3v) is 3.48. The molecule has 0 fully saturated rings. The van der Waals surface area contributed by atoms with Crippen LogP contribution in [0.2, 0.25) is 13.1 Å². The molecule has 4 nitrogen and oxygen atoms in total. The zero-order valence-electron chi connectivity index (χ0n) is 11.8. The molecule has 0 atom stereocenters. The molecule has 1 heterocycles. The number of nitrogens with one attached hydrogen (secondary N) is 1. The Labute approximate surface area is 115 Å². The minimum Gasteiger partial charge on any atom is -0.546 e.